The lowest BCUT2D eigenvalue weighted by Gasteiger charge is -2.24. The summed E-state index contributed by atoms with van der Waals surface area (Å²) < 4.78 is 2.33. The number of benzene rings is 3. The summed E-state index contributed by atoms with van der Waals surface area (Å²) in [5.41, 5.74) is 4.46. The van der Waals surface area contributed by atoms with Gasteiger partial charge in [-0.25, -0.2) is 0 Å². The van der Waals surface area contributed by atoms with Crippen molar-refractivity contribution in [2.75, 3.05) is 4.90 Å². The minimum absolute atomic E-state index is 0.0493. The Kier molecular flexibility index (Phi) is 4.56. The highest BCUT2D eigenvalue weighted by atomic mass is 35.5. The molecule has 1 aliphatic heterocycles. The Hall–Kier alpha value is -2.43. The normalized spacial score (nSPS) is 19.6. The number of carbonyl (C=O) groups excluding carboxylic acids is 1. The SMILES string of the molecule is CCn1c2ccccc2c2cc(N3C(=O)C(C)SC3c3ccc(Cl)cc3)ccc21. The number of para-hydroxylation sites is 1. The van der Waals surface area contributed by atoms with Crippen molar-refractivity contribution in [3.8, 4) is 0 Å². The largest absolute Gasteiger partial charge is 0.341 e. The van der Waals surface area contributed by atoms with Crippen LogP contribution in [-0.2, 0) is 11.3 Å². The number of carbonyl (C=O) groups is 1. The van der Waals surface area contributed by atoms with E-state index in [9.17, 15) is 4.79 Å². The molecule has 1 fully saturated rings. The number of aromatic nitrogens is 1. The maximum Gasteiger partial charge on any atom is 0.241 e. The fourth-order valence-corrected chi connectivity index (χ4v) is 5.68. The predicted molar refractivity (Wildman–Crippen MR) is 124 cm³/mol. The molecule has 3 aromatic carbocycles. The Balaban J connectivity index is 1.67. The minimum atomic E-state index is -0.0802. The summed E-state index contributed by atoms with van der Waals surface area (Å²) in [6.45, 7) is 5.06. The quantitative estimate of drug-likeness (QED) is 0.371. The Morgan fingerprint density at radius 2 is 1.69 bits per heavy atom. The number of aryl methyl sites for hydroxylation is 1. The molecular weight excluding hydrogens is 400 g/mol. The molecular formula is C24H21ClN2OS. The van der Waals surface area contributed by atoms with Gasteiger partial charge in [0.15, 0.2) is 0 Å². The van der Waals surface area contributed by atoms with Crippen LogP contribution in [0.1, 0.15) is 24.8 Å². The average Bonchev–Trinajstić information content (AvgIpc) is 3.22. The summed E-state index contributed by atoms with van der Waals surface area (Å²) in [7, 11) is 0. The highest BCUT2D eigenvalue weighted by Gasteiger charge is 2.39. The molecule has 146 valence electrons. The molecule has 1 aliphatic rings. The first-order valence-corrected chi connectivity index (χ1v) is 11.2. The van der Waals surface area contributed by atoms with Crippen LogP contribution in [0.5, 0.6) is 0 Å². The number of hydrogen-bond acceptors (Lipinski definition) is 2. The molecule has 0 N–H and O–H groups in total. The molecule has 0 bridgehead atoms. The molecule has 1 aromatic heterocycles. The van der Waals surface area contributed by atoms with Crippen molar-refractivity contribution in [1.82, 2.24) is 4.57 Å². The van der Waals surface area contributed by atoms with E-state index in [1.165, 1.54) is 21.8 Å². The summed E-state index contributed by atoms with van der Waals surface area (Å²) in [6, 6.07) is 22.7. The first-order chi connectivity index (χ1) is 14.1. The Bertz CT molecular complexity index is 1230. The van der Waals surface area contributed by atoms with E-state index in [1.54, 1.807) is 11.8 Å². The van der Waals surface area contributed by atoms with Gasteiger partial charge in [-0.15, -0.1) is 11.8 Å². The molecule has 0 spiro atoms. The van der Waals surface area contributed by atoms with Gasteiger partial charge in [0.05, 0.1) is 5.25 Å². The molecule has 1 amide bonds. The molecule has 0 radical (unpaired) electrons. The van der Waals surface area contributed by atoms with Crippen molar-refractivity contribution in [1.29, 1.82) is 0 Å². The molecule has 0 saturated carbocycles. The van der Waals surface area contributed by atoms with Gasteiger partial charge in [-0.3, -0.25) is 9.69 Å². The second kappa shape index (κ2) is 7.12. The van der Waals surface area contributed by atoms with Gasteiger partial charge < -0.3 is 4.57 Å². The predicted octanol–water partition coefficient (Wildman–Crippen LogP) is 6.63. The standard InChI is InChI=1S/C24H21ClN2OS/c1-3-26-21-7-5-4-6-19(21)20-14-18(12-13-22(20)26)27-23(28)15(2)29-24(27)16-8-10-17(25)11-9-16/h4-15,24H,3H2,1-2H3. The highest BCUT2D eigenvalue weighted by Crippen LogP contribution is 2.46. The van der Waals surface area contributed by atoms with E-state index in [0.717, 1.165) is 17.8 Å². The molecule has 2 unspecified atom stereocenters. The molecule has 1 saturated heterocycles. The van der Waals surface area contributed by atoms with Crippen LogP contribution >= 0.6 is 23.4 Å². The number of amides is 1. The monoisotopic (exact) mass is 420 g/mol. The third-order valence-corrected chi connectivity index (χ3v) is 7.26. The summed E-state index contributed by atoms with van der Waals surface area (Å²) in [5, 5.41) is 2.99. The minimum Gasteiger partial charge on any atom is -0.341 e. The topological polar surface area (TPSA) is 25.2 Å². The van der Waals surface area contributed by atoms with Gasteiger partial charge in [-0.05, 0) is 55.8 Å². The molecule has 3 nitrogen and oxygen atoms in total. The van der Waals surface area contributed by atoms with Crippen LogP contribution in [-0.4, -0.2) is 15.7 Å². The third-order valence-electron chi connectivity index (χ3n) is 5.66. The van der Waals surface area contributed by atoms with Crippen molar-refractivity contribution in [2.24, 2.45) is 0 Å². The first-order valence-electron chi connectivity index (χ1n) is 9.83. The fourth-order valence-electron chi connectivity index (χ4n) is 4.27. The smallest absolute Gasteiger partial charge is 0.241 e. The van der Waals surface area contributed by atoms with Crippen LogP contribution < -0.4 is 4.90 Å². The van der Waals surface area contributed by atoms with Crippen LogP contribution in [0.25, 0.3) is 21.8 Å². The maximum absolute atomic E-state index is 13.1. The van der Waals surface area contributed by atoms with Crippen LogP contribution in [0.15, 0.2) is 66.7 Å². The second-order valence-electron chi connectivity index (χ2n) is 7.35. The van der Waals surface area contributed by atoms with E-state index in [2.05, 4.69) is 54.0 Å². The van der Waals surface area contributed by atoms with Gasteiger partial charge in [0, 0.05) is 39.1 Å². The lowest BCUT2D eigenvalue weighted by atomic mass is 10.1. The fraction of sp³-hybridized carbons (Fsp3) is 0.208. The van der Waals surface area contributed by atoms with E-state index in [4.69, 9.17) is 11.6 Å². The molecule has 29 heavy (non-hydrogen) atoms. The van der Waals surface area contributed by atoms with E-state index in [1.807, 2.05) is 36.1 Å². The molecule has 0 aliphatic carbocycles. The first kappa shape index (κ1) is 18.6. The van der Waals surface area contributed by atoms with E-state index >= 15 is 0 Å². The molecule has 2 heterocycles. The van der Waals surface area contributed by atoms with Crippen molar-refractivity contribution in [3.05, 3.63) is 77.3 Å². The number of anilines is 1. The van der Waals surface area contributed by atoms with Gasteiger partial charge in [-0.2, -0.15) is 0 Å². The number of nitrogens with zero attached hydrogens (tertiary/aromatic N) is 2. The highest BCUT2D eigenvalue weighted by molar-refractivity contribution is 8.01. The van der Waals surface area contributed by atoms with Gasteiger partial charge in [0.2, 0.25) is 5.91 Å². The Morgan fingerprint density at radius 1 is 0.966 bits per heavy atom. The van der Waals surface area contributed by atoms with Gasteiger partial charge >= 0.3 is 0 Å². The van der Waals surface area contributed by atoms with E-state index in [0.29, 0.717) is 5.02 Å². The number of halogens is 1. The number of hydrogen-bond donors (Lipinski definition) is 0. The molecule has 5 rings (SSSR count). The number of rotatable bonds is 3. The zero-order chi connectivity index (χ0) is 20.1. The third kappa shape index (κ3) is 2.93. The van der Waals surface area contributed by atoms with Gasteiger partial charge in [0.1, 0.15) is 5.37 Å². The van der Waals surface area contributed by atoms with Crippen LogP contribution in [0, 0.1) is 0 Å². The zero-order valence-electron chi connectivity index (χ0n) is 16.3. The summed E-state index contributed by atoms with van der Waals surface area (Å²) in [5.74, 6) is 0.147. The van der Waals surface area contributed by atoms with E-state index < -0.39 is 0 Å². The summed E-state index contributed by atoms with van der Waals surface area (Å²) >= 11 is 7.76. The Morgan fingerprint density at radius 3 is 2.45 bits per heavy atom. The van der Waals surface area contributed by atoms with Crippen LogP contribution in [0.3, 0.4) is 0 Å². The van der Waals surface area contributed by atoms with Crippen LogP contribution in [0.4, 0.5) is 5.69 Å². The van der Waals surface area contributed by atoms with Crippen molar-refractivity contribution in [3.63, 3.8) is 0 Å². The lowest BCUT2D eigenvalue weighted by molar-refractivity contribution is -0.117. The zero-order valence-corrected chi connectivity index (χ0v) is 17.9. The van der Waals surface area contributed by atoms with Crippen LogP contribution in [0.2, 0.25) is 5.02 Å². The Labute approximate surface area is 179 Å². The van der Waals surface area contributed by atoms with Crippen molar-refractivity contribution >= 4 is 56.8 Å². The lowest BCUT2D eigenvalue weighted by Crippen LogP contribution is -2.30. The molecule has 4 aromatic rings. The van der Waals surface area contributed by atoms with Crippen molar-refractivity contribution in [2.45, 2.75) is 31.0 Å². The number of thioether (sulfide) groups is 1. The average molecular weight is 421 g/mol. The van der Waals surface area contributed by atoms with Crippen molar-refractivity contribution < 1.29 is 4.79 Å². The molecule has 2 atom stereocenters. The number of fused-ring (bicyclic) bond motifs is 3. The van der Waals surface area contributed by atoms with E-state index in [-0.39, 0.29) is 16.5 Å². The maximum atomic E-state index is 13.1. The van der Waals surface area contributed by atoms with Gasteiger partial charge in [-0.1, -0.05) is 41.9 Å². The summed E-state index contributed by atoms with van der Waals surface area (Å²) in [6.07, 6.45) is 0. The second-order valence-corrected chi connectivity index (χ2v) is 9.22. The summed E-state index contributed by atoms with van der Waals surface area (Å²) in [4.78, 5) is 15.0. The van der Waals surface area contributed by atoms with Gasteiger partial charge in [0.25, 0.3) is 0 Å². The molecule has 5 heteroatoms.